The van der Waals surface area contributed by atoms with Gasteiger partial charge in [0.1, 0.15) is 0 Å². The Labute approximate surface area is 60.9 Å². The molecule has 1 N–H and O–H groups in total. The fourth-order valence-electron chi connectivity index (χ4n) is 1.31. The van der Waals surface area contributed by atoms with Gasteiger partial charge in [-0.15, -0.1) is 0 Å². The number of nitrogens with zero attached hydrogens (tertiary/aromatic N) is 2. The first kappa shape index (κ1) is 7.52. The summed E-state index contributed by atoms with van der Waals surface area (Å²) in [6.07, 6.45) is 1.04. The largest absolute Gasteiger partial charge is 0.396 e. The number of aliphatic hydroxyl groups is 1. The molecule has 0 amide bonds. The van der Waals surface area contributed by atoms with Gasteiger partial charge in [-0.25, -0.2) is 0 Å². The molecule has 1 atom stereocenters. The molecule has 0 radical (unpaired) electrons. The van der Waals surface area contributed by atoms with E-state index in [-0.39, 0.29) is 6.61 Å². The number of likely N-dealkylation sites (tertiary alicyclic amines) is 1. The SMILES string of the molecule is N#CCN1CC[C@H](CO)C1. The smallest absolute Gasteiger partial charge is 0.0866 e. The molecule has 0 aromatic heterocycles. The average molecular weight is 140 g/mol. The minimum absolute atomic E-state index is 0.266. The lowest BCUT2D eigenvalue weighted by molar-refractivity contribution is 0.225. The average Bonchev–Trinajstić information content (AvgIpc) is 2.37. The zero-order chi connectivity index (χ0) is 7.40. The van der Waals surface area contributed by atoms with Crippen molar-refractivity contribution in [3.05, 3.63) is 0 Å². The first-order valence-electron chi connectivity index (χ1n) is 3.57. The van der Waals surface area contributed by atoms with Gasteiger partial charge in [-0.2, -0.15) is 5.26 Å². The monoisotopic (exact) mass is 140 g/mol. The quantitative estimate of drug-likeness (QED) is 0.541. The zero-order valence-electron chi connectivity index (χ0n) is 5.95. The first-order chi connectivity index (χ1) is 4.86. The normalized spacial score (nSPS) is 26.6. The van der Waals surface area contributed by atoms with Crippen molar-refractivity contribution in [1.29, 1.82) is 5.26 Å². The molecule has 1 saturated heterocycles. The maximum atomic E-state index is 8.74. The zero-order valence-corrected chi connectivity index (χ0v) is 5.95. The lowest BCUT2D eigenvalue weighted by Crippen LogP contribution is -2.21. The molecule has 0 saturated carbocycles. The fraction of sp³-hybridized carbons (Fsp3) is 0.857. The maximum Gasteiger partial charge on any atom is 0.0866 e. The van der Waals surface area contributed by atoms with Gasteiger partial charge >= 0.3 is 0 Å². The van der Waals surface area contributed by atoms with E-state index in [0.717, 1.165) is 19.5 Å². The van der Waals surface area contributed by atoms with Crippen molar-refractivity contribution in [3.63, 3.8) is 0 Å². The second kappa shape index (κ2) is 3.55. The van der Waals surface area contributed by atoms with E-state index in [9.17, 15) is 0 Å². The van der Waals surface area contributed by atoms with Crippen molar-refractivity contribution in [1.82, 2.24) is 4.90 Å². The summed E-state index contributed by atoms with van der Waals surface area (Å²) in [5.74, 6) is 0.411. The lowest BCUT2D eigenvalue weighted by Gasteiger charge is -2.09. The van der Waals surface area contributed by atoms with Crippen LogP contribution in [0.25, 0.3) is 0 Å². The molecule has 1 aliphatic heterocycles. The lowest BCUT2D eigenvalue weighted by atomic mass is 10.1. The van der Waals surface area contributed by atoms with Gasteiger partial charge in [0, 0.05) is 13.2 Å². The van der Waals surface area contributed by atoms with Gasteiger partial charge in [-0.05, 0) is 18.9 Å². The number of hydrogen-bond donors (Lipinski definition) is 1. The highest BCUT2D eigenvalue weighted by Gasteiger charge is 2.20. The Kier molecular flexibility index (Phi) is 2.67. The van der Waals surface area contributed by atoms with Crippen LogP contribution in [-0.2, 0) is 0 Å². The molecule has 1 heterocycles. The van der Waals surface area contributed by atoms with Crippen molar-refractivity contribution in [3.8, 4) is 6.07 Å². The molecule has 1 fully saturated rings. The Hall–Kier alpha value is -0.590. The number of hydrogen-bond acceptors (Lipinski definition) is 3. The highest BCUT2D eigenvalue weighted by atomic mass is 16.3. The summed E-state index contributed by atoms with van der Waals surface area (Å²) in [4.78, 5) is 2.07. The Morgan fingerprint density at radius 1 is 1.70 bits per heavy atom. The first-order valence-corrected chi connectivity index (χ1v) is 3.57. The summed E-state index contributed by atoms with van der Waals surface area (Å²) in [6.45, 7) is 2.64. The summed E-state index contributed by atoms with van der Waals surface area (Å²) in [5.41, 5.74) is 0. The van der Waals surface area contributed by atoms with Gasteiger partial charge in [0.15, 0.2) is 0 Å². The molecule has 10 heavy (non-hydrogen) atoms. The van der Waals surface area contributed by atoms with E-state index in [4.69, 9.17) is 10.4 Å². The summed E-state index contributed by atoms with van der Waals surface area (Å²) in [5, 5.41) is 17.1. The molecule has 56 valence electrons. The van der Waals surface area contributed by atoms with Crippen LogP contribution in [0.1, 0.15) is 6.42 Å². The molecule has 0 aromatic rings. The third-order valence-corrected chi connectivity index (χ3v) is 1.92. The Bertz CT molecular complexity index is 141. The predicted molar refractivity (Wildman–Crippen MR) is 37.2 cm³/mol. The van der Waals surface area contributed by atoms with Crippen molar-refractivity contribution in [2.45, 2.75) is 6.42 Å². The van der Waals surface area contributed by atoms with E-state index in [1.807, 2.05) is 0 Å². The van der Waals surface area contributed by atoms with E-state index < -0.39 is 0 Å². The van der Waals surface area contributed by atoms with Crippen molar-refractivity contribution < 1.29 is 5.11 Å². The molecular formula is C7H12N2O. The van der Waals surface area contributed by atoms with Crippen molar-refractivity contribution >= 4 is 0 Å². The maximum absolute atomic E-state index is 8.74. The Balaban J connectivity index is 2.23. The van der Waals surface area contributed by atoms with Gasteiger partial charge < -0.3 is 5.11 Å². The molecule has 0 bridgehead atoms. The van der Waals surface area contributed by atoms with Crippen LogP contribution in [0.15, 0.2) is 0 Å². The number of nitriles is 1. The summed E-state index contributed by atoms with van der Waals surface area (Å²) in [7, 11) is 0. The molecule has 0 aliphatic carbocycles. The van der Waals surface area contributed by atoms with Gasteiger partial charge in [-0.3, -0.25) is 4.90 Å². The summed E-state index contributed by atoms with van der Waals surface area (Å²) < 4.78 is 0. The summed E-state index contributed by atoms with van der Waals surface area (Å²) in [6, 6.07) is 2.10. The van der Waals surface area contributed by atoms with Crippen LogP contribution < -0.4 is 0 Å². The van der Waals surface area contributed by atoms with Gasteiger partial charge in [0.25, 0.3) is 0 Å². The van der Waals surface area contributed by atoms with Crippen LogP contribution in [-0.4, -0.2) is 36.2 Å². The van der Waals surface area contributed by atoms with E-state index in [1.54, 1.807) is 0 Å². The standard InChI is InChI=1S/C7H12N2O/c8-2-4-9-3-1-7(5-9)6-10/h7,10H,1,3-6H2/t7-/m0/s1. The van der Waals surface area contributed by atoms with Crippen LogP contribution in [0.2, 0.25) is 0 Å². The molecule has 0 unspecified atom stereocenters. The highest BCUT2D eigenvalue weighted by Crippen LogP contribution is 2.13. The predicted octanol–water partition coefficient (Wildman–Crippen LogP) is -0.176. The minimum Gasteiger partial charge on any atom is -0.396 e. The molecule has 0 spiro atoms. The van der Waals surface area contributed by atoms with E-state index >= 15 is 0 Å². The topological polar surface area (TPSA) is 47.3 Å². The minimum atomic E-state index is 0.266. The highest BCUT2D eigenvalue weighted by molar-refractivity contribution is 4.82. The summed E-state index contributed by atoms with van der Waals surface area (Å²) >= 11 is 0. The Morgan fingerprint density at radius 3 is 3.00 bits per heavy atom. The Morgan fingerprint density at radius 2 is 2.50 bits per heavy atom. The molecule has 1 aliphatic rings. The van der Waals surface area contributed by atoms with E-state index in [2.05, 4.69) is 11.0 Å². The van der Waals surface area contributed by atoms with Crippen LogP contribution in [0.3, 0.4) is 0 Å². The second-order valence-electron chi connectivity index (χ2n) is 2.73. The second-order valence-corrected chi connectivity index (χ2v) is 2.73. The third kappa shape index (κ3) is 1.69. The van der Waals surface area contributed by atoms with E-state index in [0.29, 0.717) is 12.5 Å². The van der Waals surface area contributed by atoms with Crippen molar-refractivity contribution in [2.75, 3.05) is 26.2 Å². The van der Waals surface area contributed by atoms with Crippen LogP contribution >= 0.6 is 0 Å². The van der Waals surface area contributed by atoms with Gasteiger partial charge in [0.05, 0.1) is 12.6 Å². The molecule has 0 aromatic carbocycles. The molecular weight excluding hydrogens is 128 g/mol. The van der Waals surface area contributed by atoms with Gasteiger partial charge in [0.2, 0.25) is 0 Å². The third-order valence-electron chi connectivity index (χ3n) is 1.92. The molecule has 3 nitrogen and oxygen atoms in total. The van der Waals surface area contributed by atoms with Crippen LogP contribution in [0, 0.1) is 17.2 Å². The van der Waals surface area contributed by atoms with E-state index in [1.165, 1.54) is 0 Å². The van der Waals surface area contributed by atoms with Crippen LogP contribution in [0.4, 0.5) is 0 Å². The number of aliphatic hydroxyl groups excluding tert-OH is 1. The number of rotatable bonds is 2. The van der Waals surface area contributed by atoms with Gasteiger partial charge in [-0.1, -0.05) is 0 Å². The molecule has 1 rings (SSSR count). The van der Waals surface area contributed by atoms with Crippen molar-refractivity contribution in [2.24, 2.45) is 5.92 Å². The fourth-order valence-corrected chi connectivity index (χ4v) is 1.31. The molecule has 3 heteroatoms. The van der Waals surface area contributed by atoms with Crippen LogP contribution in [0.5, 0.6) is 0 Å².